The Hall–Kier alpha value is -1.77. The molecule has 4 fully saturated rings. The number of nitrogens with zero attached hydrogens (tertiary/aromatic N) is 1. The van der Waals surface area contributed by atoms with Crippen LogP contribution in [0.2, 0.25) is 0 Å². The summed E-state index contributed by atoms with van der Waals surface area (Å²) in [6, 6.07) is 10.4. The molecule has 0 amide bonds. The van der Waals surface area contributed by atoms with E-state index in [0.717, 1.165) is 24.3 Å². The molecule has 0 unspecified atom stereocenters. The molecule has 3 nitrogen and oxygen atoms in total. The second-order valence-electron chi connectivity index (χ2n) is 8.70. The van der Waals surface area contributed by atoms with Gasteiger partial charge in [0.15, 0.2) is 0 Å². The summed E-state index contributed by atoms with van der Waals surface area (Å²) in [7, 11) is 0. The lowest BCUT2D eigenvalue weighted by atomic mass is 9.50. The zero-order chi connectivity index (χ0) is 17.3. The Morgan fingerprint density at radius 2 is 1.68 bits per heavy atom. The molecule has 0 heterocycles. The van der Waals surface area contributed by atoms with Crippen LogP contribution in [0, 0.1) is 23.2 Å². The molecule has 25 heavy (non-hydrogen) atoms. The average Bonchev–Trinajstić information content (AvgIpc) is 2.57. The summed E-state index contributed by atoms with van der Waals surface area (Å²) >= 11 is 0. The van der Waals surface area contributed by atoms with E-state index in [4.69, 9.17) is 5.11 Å². The highest BCUT2D eigenvalue weighted by Gasteiger charge is 2.49. The van der Waals surface area contributed by atoms with Crippen LogP contribution in [0.4, 0.5) is 0 Å². The fraction of sp³-hybridized carbons (Fsp3) is 0.591. The van der Waals surface area contributed by atoms with E-state index in [1.807, 2.05) is 18.2 Å². The van der Waals surface area contributed by atoms with Gasteiger partial charge in [0.25, 0.3) is 0 Å². The summed E-state index contributed by atoms with van der Waals surface area (Å²) in [6.07, 6.45) is 13.3. The zero-order valence-corrected chi connectivity index (χ0v) is 14.9. The largest absolute Gasteiger partial charge is 0.481 e. The van der Waals surface area contributed by atoms with Gasteiger partial charge in [-0.3, -0.25) is 4.79 Å². The second-order valence-corrected chi connectivity index (χ2v) is 8.70. The number of carboxylic acids is 1. The SMILES string of the molecule is O=C(O)CCN(C=CC12CC3CC(CC(C3)C1)C2)Cc1ccccc1. The minimum Gasteiger partial charge on any atom is -0.481 e. The third-order valence-corrected chi connectivity index (χ3v) is 6.57. The van der Waals surface area contributed by atoms with Gasteiger partial charge in [-0.15, -0.1) is 0 Å². The number of benzene rings is 1. The Morgan fingerprint density at radius 3 is 2.24 bits per heavy atom. The quantitative estimate of drug-likeness (QED) is 0.783. The third-order valence-electron chi connectivity index (χ3n) is 6.57. The monoisotopic (exact) mass is 339 g/mol. The second kappa shape index (κ2) is 6.86. The van der Waals surface area contributed by atoms with Gasteiger partial charge in [0.2, 0.25) is 0 Å². The highest BCUT2D eigenvalue weighted by atomic mass is 16.4. The summed E-state index contributed by atoms with van der Waals surface area (Å²) in [6.45, 7) is 1.37. The van der Waals surface area contributed by atoms with Gasteiger partial charge in [-0.2, -0.15) is 0 Å². The summed E-state index contributed by atoms with van der Waals surface area (Å²) in [5.74, 6) is 2.11. The number of carbonyl (C=O) groups is 1. The molecule has 0 spiro atoms. The smallest absolute Gasteiger partial charge is 0.305 e. The van der Waals surface area contributed by atoms with E-state index in [1.54, 1.807) is 0 Å². The molecule has 4 saturated carbocycles. The third kappa shape index (κ3) is 3.91. The maximum absolute atomic E-state index is 11.0. The molecule has 4 aliphatic rings. The molecule has 1 aromatic carbocycles. The first-order chi connectivity index (χ1) is 12.1. The normalized spacial score (nSPS) is 33.0. The summed E-state index contributed by atoms with van der Waals surface area (Å²) in [5, 5.41) is 9.08. The van der Waals surface area contributed by atoms with Gasteiger partial charge in [-0.05, 0) is 73.5 Å². The van der Waals surface area contributed by atoms with Crippen molar-refractivity contribution in [2.45, 2.75) is 51.5 Å². The minimum atomic E-state index is -0.721. The van der Waals surface area contributed by atoms with Crippen molar-refractivity contribution in [2.24, 2.45) is 23.2 Å². The molecule has 3 heteroatoms. The highest BCUT2D eigenvalue weighted by Crippen LogP contribution is 2.60. The van der Waals surface area contributed by atoms with Crippen LogP contribution >= 0.6 is 0 Å². The molecule has 5 rings (SSSR count). The van der Waals surface area contributed by atoms with Crippen LogP contribution in [0.25, 0.3) is 0 Å². The van der Waals surface area contributed by atoms with Crippen molar-refractivity contribution >= 4 is 5.97 Å². The number of hydrogen-bond acceptors (Lipinski definition) is 2. The van der Waals surface area contributed by atoms with Gasteiger partial charge < -0.3 is 10.0 Å². The molecule has 0 saturated heterocycles. The molecule has 4 bridgehead atoms. The fourth-order valence-electron chi connectivity index (χ4n) is 5.91. The van der Waals surface area contributed by atoms with Crippen molar-refractivity contribution in [1.29, 1.82) is 0 Å². The van der Waals surface area contributed by atoms with Crippen molar-refractivity contribution in [2.75, 3.05) is 6.54 Å². The van der Waals surface area contributed by atoms with Crippen molar-refractivity contribution in [3.8, 4) is 0 Å². The molecule has 0 aliphatic heterocycles. The number of allylic oxidation sites excluding steroid dienone is 1. The van der Waals surface area contributed by atoms with Crippen LogP contribution in [0.3, 0.4) is 0 Å². The maximum Gasteiger partial charge on any atom is 0.305 e. The number of hydrogen-bond donors (Lipinski definition) is 1. The lowest BCUT2D eigenvalue weighted by molar-refractivity contribution is -0.137. The lowest BCUT2D eigenvalue weighted by Gasteiger charge is -2.56. The Bertz CT molecular complexity index is 601. The standard InChI is InChI=1S/C22H29NO2/c24-21(25)6-8-23(16-17-4-2-1-3-5-17)9-7-22-13-18-10-19(14-22)12-20(11-18)15-22/h1-5,7,9,18-20H,6,8,10-16H2,(H,24,25). The summed E-state index contributed by atoms with van der Waals surface area (Å²) in [4.78, 5) is 13.2. The number of rotatable bonds is 7. The Balaban J connectivity index is 1.47. The maximum atomic E-state index is 11.0. The van der Waals surface area contributed by atoms with Crippen molar-refractivity contribution in [3.63, 3.8) is 0 Å². The predicted octanol–water partition coefficient (Wildman–Crippen LogP) is 4.69. The first-order valence-corrected chi connectivity index (χ1v) is 9.79. The molecule has 0 atom stereocenters. The molecular formula is C22H29NO2. The Morgan fingerprint density at radius 1 is 1.08 bits per heavy atom. The van der Waals surface area contributed by atoms with Gasteiger partial charge in [-0.25, -0.2) is 0 Å². The van der Waals surface area contributed by atoms with Crippen molar-refractivity contribution < 1.29 is 9.90 Å². The summed E-state index contributed by atoms with van der Waals surface area (Å²) in [5.41, 5.74) is 1.63. The molecule has 0 radical (unpaired) electrons. The molecule has 4 aliphatic carbocycles. The van der Waals surface area contributed by atoms with E-state index in [1.165, 1.54) is 44.1 Å². The lowest BCUT2D eigenvalue weighted by Crippen LogP contribution is -2.45. The number of aliphatic carboxylic acids is 1. The van der Waals surface area contributed by atoms with Gasteiger partial charge >= 0.3 is 5.97 Å². The Labute approximate surface area is 150 Å². The Kier molecular flexibility index (Phi) is 4.58. The highest BCUT2D eigenvalue weighted by molar-refractivity contribution is 5.66. The molecular weight excluding hydrogens is 310 g/mol. The van der Waals surface area contributed by atoms with E-state index < -0.39 is 5.97 Å². The van der Waals surface area contributed by atoms with Gasteiger partial charge in [0.1, 0.15) is 0 Å². The summed E-state index contributed by atoms with van der Waals surface area (Å²) < 4.78 is 0. The average molecular weight is 339 g/mol. The van der Waals surface area contributed by atoms with Crippen LogP contribution in [0.15, 0.2) is 42.6 Å². The predicted molar refractivity (Wildman–Crippen MR) is 98.8 cm³/mol. The van der Waals surface area contributed by atoms with E-state index in [-0.39, 0.29) is 6.42 Å². The molecule has 134 valence electrons. The molecule has 1 N–H and O–H groups in total. The van der Waals surface area contributed by atoms with E-state index in [9.17, 15) is 4.79 Å². The molecule has 1 aromatic rings. The van der Waals surface area contributed by atoms with E-state index >= 15 is 0 Å². The topological polar surface area (TPSA) is 40.5 Å². The van der Waals surface area contributed by atoms with Gasteiger partial charge in [-0.1, -0.05) is 36.4 Å². The molecule has 0 aromatic heterocycles. The van der Waals surface area contributed by atoms with Crippen molar-refractivity contribution in [3.05, 3.63) is 48.2 Å². The first-order valence-electron chi connectivity index (χ1n) is 9.79. The van der Waals surface area contributed by atoms with E-state index in [2.05, 4.69) is 29.3 Å². The van der Waals surface area contributed by atoms with Crippen LogP contribution in [0.5, 0.6) is 0 Å². The van der Waals surface area contributed by atoms with Gasteiger partial charge in [0, 0.05) is 13.1 Å². The van der Waals surface area contributed by atoms with Crippen LogP contribution in [0.1, 0.15) is 50.5 Å². The zero-order valence-electron chi connectivity index (χ0n) is 14.9. The fourth-order valence-corrected chi connectivity index (χ4v) is 5.91. The van der Waals surface area contributed by atoms with Gasteiger partial charge in [0.05, 0.1) is 6.42 Å². The minimum absolute atomic E-state index is 0.193. The first kappa shape index (κ1) is 16.7. The van der Waals surface area contributed by atoms with Crippen molar-refractivity contribution in [1.82, 2.24) is 4.90 Å². The van der Waals surface area contributed by atoms with E-state index in [0.29, 0.717) is 12.0 Å². The van der Waals surface area contributed by atoms with Crippen LogP contribution < -0.4 is 0 Å². The van der Waals surface area contributed by atoms with Crippen LogP contribution in [-0.2, 0) is 11.3 Å². The van der Waals surface area contributed by atoms with Crippen LogP contribution in [-0.4, -0.2) is 22.5 Å². The number of carboxylic acid groups (broad SMARTS) is 1.